The molecule has 0 saturated heterocycles. The molecule has 3 rings (SSSR count). The van der Waals surface area contributed by atoms with Gasteiger partial charge < -0.3 is 5.32 Å². The Hall–Kier alpha value is -2.54. The number of aryl methyl sites for hydroxylation is 1. The molecule has 0 radical (unpaired) electrons. The van der Waals surface area contributed by atoms with E-state index >= 15 is 0 Å². The Morgan fingerprint density at radius 3 is 2.83 bits per heavy atom. The largest absolute Gasteiger partial charge is 0.354 e. The second-order valence-corrected chi connectivity index (χ2v) is 6.86. The minimum absolute atomic E-state index is 0.0113. The molecule has 124 valence electrons. The SMILES string of the molecule is Cc1nc(-c2ccccc2)c(CC(=O)NCC(C)n2cncn2)s1. The van der Waals surface area contributed by atoms with E-state index in [0.29, 0.717) is 13.0 Å². The Morgan fingerprint density at radius 2 is 2.12 bits per heavy atom. The summed E-state index contributed by atoms with van der Waals surface area (Å²) >= 11 is 1.57. The van der Waals surface area contributed by atoms with Crippen molar-refractivity contribution in [3.63, 3.8) is 0 Å². The smallest absolute Gasteiger partial charge is 0.225 e. The monoisotopic (exact) mass is 341 g/mol. The number of amides is 1. The molecule has 0 bridgehead atoms. The maximum atomic E-state index is 12.3. The quantitative estimate of drug-likeness (QED) is 0.748. The van der Waals surface area contributed by atoms with Crippen LogP contribution in [-0.2, 0) is 11.2 Å². The summed E-state index contributed by atoms with van der Waals surface area (Å²) in [5.41, 5.74) is 1.94. The van der Waals surface area contributed by atoms with Gasteiger partial charge in [-0.3, -0.25) is 4.79 Å². The molecule has 1 unspecified atom stereocenters. The number of hydrogen-bond donors (Lipinski definition) is 1. The summed E-state index contributed by atoms with van der Waals surface area (Å²) in [6.07, 6.45) is 3.47. The molecule has 0 spiro atoms. The van der Waals surface area contributed by atoms with Gasteiger partial charge in [-0.05, 0) is 13.8 Å². The lowest BCUT2D eigenvalue weighted by Crippen LogP contribution is -2.30. The third-order valence-corrected chi connectivity index (χ3v) is 4.63. The molecule has 1 aromatic carbocycles. The van der Waals surface area contributed by atoms with Crippen molar-refractivity contribution in [2.75, 3.05) is 6.54 Å². The van der Waals surface area contributed by atoms with Crippen LogP contribution in [-0.4, -0.2) is 32.2 Å². The molecule has 0 aliphatic carbocycles. The van der Waals surface area contributed by atoms with Gasteiger partial charge in [0.05, 0.1) is 23.2 Å². The van der Waals surface area contributed by atoms with Crippen molar-refractivity contribution in [3.8, 4) is 11.3 Å². The third kappa shape index (κ3) is 3.86. The summed E-state index contributed by atoms with van der Waals surface area (Å²) in [4.78, 5) is 21.8. The number of aromatic nitrogens is 4. The van der Waals surface area contributed by atoms with Crippen molar-refractivity contribution in [1.82, 2.24) is 25.1 Å². The highest BCUT2D eigenvalue weighted by molar-refractivity contribution is 7.12. The Kier molecular flexibility index (Phi) is 5.00. The highest BCUT2D eigenvalue weighted by atomic mass is 32.1. The van der Waals surface area contributed by atoms with E-state index in [-0.39, 0.29) is 11.9 Å². The molecule has 1 N–H and O–H groups in total. The van der Waals surface area contributed by atoms with Gasteiger partial charge in [-0.25, -0.2) is 14.6 Å². The molecule has 1 amide bonds. The number of hydrogen-bond acceptors (Lipinski definition) is 5. The Balaban J connectivity index is 1.65. The molecule has 0 saturated carbocycles. The van der Waals surface area contributed by atoms with Crippen molar-refractivity contribution in [2.24, 2.45) is 0 Å². The zero-order valence-electron chi connectivity index (χ0n) is 13.6. The van der Waals surface area contributed by atoms with Crippen molar-refractivity contribution in [1.29, 1.82) is 0 Å². The number of nitrogens with one attached hydrogen (secondary N) is 1. The first-order valence-electron chi connectivity index (χ1n) is 7.76. The van der Waals surface area contributed by atoms with Gasteiger partial charge >= 0.3 is 0 Å². The van der Waals surface area contributed by atoms with Crippen molar-refractivity contribution in [3.05, 3.63) is 52.9 Å². The fourth-order valence-corrected chi connectivity index (χ4v) is 3.38. The van der Waals surface area contributed by atoms with Gasteiger partial charge in [-0.15, -0.1) is 11.3 Å². The number of rotatable bonds is 6. The van der Waals surface area contributed by atoms with Gasteiger partial charge in [-0.1, -0.05) is 30.3 Å². The van der Waals surface area contributed by atoms with Gasteiger partial charge in [-0.2, -0.15) is 5.10 Å². The number of thiazole rings is 1. The second kappa shape index (κ2) is 7.35. The van der Waals surface area contributed by atoms with Gasteiger partial charge in [0, 0.05) is 17.0 Å². The van der Waals surface area contributed by atoms with Crippen LogP contribution < -0.4 is 5.32 Å². The molecular weight excluding hydrogens is 322 g/mol. The van der Waals surface area contributed by atoms with Crippen molar-refractivity contribution >= 4 is 17.2 Å². The Labute approximate surface area is 144 Å². The average Bonchev–Trinajstić information content (AvgIpc) is 3.23. The van der Waals surface area contributed by atoms with E-state index in [0.717, 1.165) is 21.1 Å². The minimum Gasteiger partial charge on any atom is -0.354 e. The maximum absolute atomic E-state index is 12.3. The normalized spacial score (nSPS) is 12.1. The Morgan fingerprint density at radius 1 is 1.33 bits per heavy atom. The van der Waals surface area contributed by atoms with Gasteiger partial charge in [0.15, 0.2) is 0 Å². The zero-order chi connectivity index (χ0) is 16.9. The molecule has 2 aromatic heterocycles. The van der Waals surface area contributed by atoms with Gasteiger partial charge in [0.1, 0.15) is 12.7 Å². The summed E-state index contributed by atoms with van der Waals surface area (Å²) < 4.78 is 1.73. The first-order chi connectivity index (χ1) is 11.6. The van der Waals surface area contributed by atoms with Crippen LogP contribution in [0.1, 0.15) is 22.9 Å². The van der Waals surface area contributed by atoms with E-state index in [1.165, 1.54) is 6.33 Å². The molecule has 6 nitrogen and oxygen atoms in total. The van der Waals surface area contributed by atoms with Crippen LogP contribution in [0.3, 0.4) is 0 Å². The number of carbonyl (C=O) groups excluding carboxylic acids is 1. The molecule has 24 heavy (non-hydrogen) atoms. The van der Waals surface area contributed by atoms with Crippen LogP contribution in [0, 0.1) is 6.92 Å². The maximum Gasteiger partial charge on any atom is 0.225 e. The second-order valence-electron chi connectivity index (χ2n) is 5.58. The summed E-state index contributed by atoms with van der Waals surface area (Å²) in [5.74, 6) is -0.0113. The van der Waals surface area contributed by atoms with Crippen molar-refractivity contribution < 1.29 is 4.79 Å². The van der Waals surface area contributed by atoms with E-state index in [1.807, 2.05) is 44.2 Å². The van der Waals surface area contributed by atoms with E-state index in [9.17, 15) is 4.79 Å². The highest BCUT2D eigenvalue weighted by Crippen LogP contribution is 2.28. The summed E-state index contributed by atoms with van der Waals surface area (Å²) in [5, 5.41) is 8.01. The molecule has 7 heteroatoms. The fraction of sp³-hybridized carbons (Fsp3) is 0.294. The van der Waals surface area contributed by atoms with Gasteiger partial charge in [0.2, 0.25) is 5.91 Å². The average molecular weight is 341 g/mol. The standard InChI is InChI=1S/C17H19N5OS/c1-12(22-11-18-10-20-22)9-19-16(23)8-15-17(21-13(2)24-15)14-6-4-3-5-7-14/h3-7,10-12H,8-9H2,1-2H3,(H,19,23). The van der Waals surface area contributed by atoms with E-state index < -0.39 is 0 Å². The molecule has 0 fully saturated rings. The summed E-state index contributed by atoms with van der Waals surface area (Å²) in [6, 6.07) is 10.0. The highest BCUT2D eigenvalue weighted by Gasteiger charge is 2.15. The number of carbonyl (C=O) groups is 1. The van der Waals surface area contributed by atoms with Crippen LogP contribution >= 0.6 is 11.3 Å². The van der Waals surface area contributed by atoms with Crippen LogP contribution in [0.5, 0.6) is 0 Å². The predicted octanol–water partition coefficient (Wildman–Crippen LogP) is 2.63. The van der Waals surface area contributed by atoms with Crippen LogP contribution in [0.2, 0.25) is 0 Å². The first kappa shape index (κ1) is 16.3. The fourth-order valence-electron chi connectivity index (χ4n) is 2.42. The van der Waals surface area contributed by atoms with E-state index in [1.54, 1.807) is 22.3 Å². The molecule has 2 heterocycles. The molecule has 0 aliphatic heterocycles. The third-order valence-electron chi connectivity index (χ3n) is 3.66. The van der Waals surface area contributed by atoms with Crippen LogP contribution in [0.25, 0.3) is 11.3 Å². The molecule has 0 aliphatic rings. The Bertz CT molecular complexity index is 798. The predicted molar refractivity (Wildman–Crippen MR) is 93.7 cm³/mol. The summed E-state index contributed by atoms with van der Waals surface area (Å²) in [7, 11) is 0. The number of benzene rings is 1. The zero-order valence-corrected chi connectivity index (χ0v) is 14.5. The van der Waals surface area contributed by atoms with Crippen LogP contribution in [0.15, 0.2) is 43.0 Å². The lowest BCUT2D eigenvalue weighted by molar-refractivity contribution is -0.120. The van der Waals surface area contributed by atoms with Gasteiger partial charge in [0.25, 0.3) is 0 Å². The molecular formula is C17H19N5OS. The van der Waals surface area contributed by atoms with E-state index in [2.05, 4.69) is 20.4 Å². The lowest BCUT2D eigenvalue weighted by atomic mass is 10.1. The van der Waals surface area contributed by atoms with E-state index in [4.69, 9.17) is 0 Å². The van der Waals surface area contributed by atoms with Crippen LogP contribution in [0.4, 0.5) is 0 Å². The minimum atomic E-state index is -0.0113. The lowest BCUT2D eigenvalue weighted by Gasteiger charge is -2.12. The van der Waals surface area contributed by atoms with Crippen molar-refractivity contribution in [2.45, 2.75) is 26.3 Å². The molecule has 3 aromatic rings. The number of nitrogens with zero attached hydrogens (tertiary/aromatic N) is 4. The summed E-state index contributed by atoms with van der Waals surface area (Å²) in [6.45, 7) is 4.47. The topological polar surface area (TPSA) is 72.7 Å². The molecule has 1 atom stereocenters. The first-order valence-corrected chi connectivity index (χ1v) is 8.57.